The van der Waals surface area contributed by atoms with E-state index in [4.69, 9.17) is 34.3 Å². The van der Waals surface area contributed by atoms with Gasteiger partial charge in [0.15, 0.2) is 0 Å². The van der Waals surface area contributed by atoms with E-state index < -0.39 is 0 Å². The molecule has 0 aliphatic rings. The van der Waals surface area contributed by atoms with Crippen molar-refractivity contribution in [2.45, 2.75) is 6.61 Å². The second kappa shape index (κ2) is 5.80. The Bertz CT molecular complexity index is 574. The van der Waals surface area contributed by atoms with Gasteiger partial charge < -0.3 is 10.5 Å². The summed E-state index contributed by atoms with van der Waals surface area (Å²) >= 11 is 10.9. The summed E-state index contributed by atoms with van der Waals surface area (Å²) in [5.74, 6) is 0.472. The molecule has 0 bridgehead atoms. The summed E-state index contributed by atoms with van der Waals surface area (Å²) in [6, 6.07) is 12.8. The van der Waals surface area contributed by atoms with Crippen LogP contribution in [0.2, 0.25) is 5.02 Å². The lowest BCUT2D eigenvalue weighted by Crippen LogP contribution is -2.12. The first-order valence-electron chi connectivity index (χ1n) is 5.30. The highest BCUT2D eigenvalue weighted by Crippen LogP contribution is 2.17. The molecule has 0 aliphatic carbocycles. The summed E-state index contributed by atoms with van der Waals surface area (Å²) in [7, 11) is 0. The van der Waals surface area contributed by atoms with Crippen molar-refractivity contribution in [2.75, 3.05) is 0 Å². The first-order valence-corrected chi connectivity index (χ1v) is 6.08. The zero-order chi connectivity index (χ0) is 13.0. The standard InChI is InChI=1S/C13H11ClN2OS/c14-10-5-2-1-4-9(10)8-17-12-7-3-6-11(16-12)13(15)18/h1-7H,8H2,(H2,15,18). The van der Waals surface area contributed by atoms with E-state index in [0.29, 0.717) is 23.2 Å². The molecule has 18 heavy (non-hydrogen) atoms. The van der Waals surface area contributed by atoms with Gasteiger partial charge in [-0.15, -0.1) is 0 Å². The van der Waals surface area contributed by atoms with E-state index in [2.05, 4.69) is 4.98 Å². The van der Waals surface area contributed by atoms with Gasteiger partial charge in [-0.2, -0.15) is 0 Å². The summed E-state index contributed by atoms with van der Waals surface area (Å²) in [5, 5.41) is 0.669. The second-order valence-electron chi connectivity index (χ2n) is 3.61. The third kappa shape index (κ3) is 3.18. The lowest BCUT2D eigenvalue weighted by atomic mass is 10.2. The number of rotatable bonds is 4. The molecule has 2 aromatic rings. The van der Waals surface area contributed by atoms with E-state index in [0.717, 1.165) is 5.56 Å². The zero-order valence-corrected chi connectivity index (χ0v) is 11.0. The normalized spacial score (nSPS) is 10.1. The van der Waals surface area contributed by atoms with Crippen molar-refractivity contribution in [3.05, 3.63) is 58.7 Å². The van der Waals surface area contributed by atoms with Crippen LogP contribution < -0.4 is 10.5 Å². The summed E-state index contributed by atoms with van der Waals surface area (Å²) in [6.07, 6.45) is 0. The summed E-state index contributed by atoms with van der Waals surface area (Å²) in [6.45, 7) is 0.355. The van der Waals surface area contributed by atoms with Crippen LogP contribution in [-0.4, -0.2) is 9.97 Å². The lowest BCUT2D eigenvalue weighted by molar-refractivity contribution is 0.294. The molecule has 92 valence electrons. The molecule has 0 fully saturated rings. The average molecular weight is 279 g/mol. The van der Waals surface area contributed by atoms with Gasteiger partial charge in [0.2, 0.25) is 5.88 Å². The molecular weight excluding hydrogens is 268 g/mol. The molecule has 2 rings (SSSR count). The van der Waals surface area contributed by atoms with Crippen LogP contribution >= 0.6 is 23.8 Å². The number of hydrogen-bond donors (Lipinski definition) is 1. The first kappa shape index (κ1) is 12.8. The molecule has 0 saturated heterocycles. The topological polar surface area (TPSA) is 48.1 Å². The Hall–Kier alpha value is -1.65. The van der Waals surface area contributed by atoms with Crippen molar-refractivity contribution in [1.29, 1.82) is 0 Å². The highest BCUT2D eigenvalue weighted by atomic mass is 35.5. The number of hydrogen-bond acceptors (Lipinski definition) is 3. The van der Waals surface area contributed by atoms with E-state index in [1.54, 1.807) is 18.2 Å². The predicted octanol–water partition coefficient (Wildman–Crippen LogP) is 2.95. The molecule has 1 aromatic heterocycles. The highest BCUT2D eigenvalue weighted by molar-refractivity contribution is 7.80. The fourth-order valence-electron chi connectivity index (χ4n) is 1.40. The fraction of sp³-hybridized carbons (Fsp3) is 0.0769. The molecule has 2 N–H and O–H groups in total. The van der Waals surface area contributed by atoms with Crippen molar-refractivity contribution >= 4 is 28.8 Å². The number of pyridine rings is 1. The molecule has 0 amide bonds. The molecule has 3 nitrogen and oxygen atoms in total. The molecule has 1 heterocycles. The van der Waals surface area contributed by atoms with Crippen LogP contribution in [0, 0.1) is 0 Å². The Morgan fingerprint density at radius 1 is 1.22 bits per heavy atom. The van der Waals surface area contributed by atoms with E-state index in [1.807, 2.05) is 24.3 Å². The van der Waals surface area contributed by atoms with Crippen LogP contribution in [0.3, 0.4) is 0 Å². The number of thiocarbonyl (C=S) groups is 1. The minimum absolute atomic E-state index is 0.248. The predicted molar refractivity (Wildman–Crippen MR) is 75.9 cm³/mol. The Balaban J connectivity index is 2.09. The third-order valence-corrected chi connectivity index (χ3v) is 2.89. The Kier molecular flexibility index (Phi) is 4.12. The third-order valence-electron chi connectivity index (χ3n) is 2.31. The number of ether oxygens (including phenoxy) is 1. The average Bonchev–Trinajstić information content (AvgIpc) is 2.38. The molecule has 1 aromatic carbocycles. The molecule has 0 aliphatic heterocycles. The van der Waals surface area contributed by atoms with Gasteiger partial charge in [0.25, 0.3) is 0 Å². The number of halogens is 1. The largest absolute Gasteiger partial charge is 0.473 e. The SMILES string of the molecule is NC(=S)c1cccc(OCc2ccccc2Cl)n1. The van der Waals surface area contributed by atoms with Gasteiger partial charge in [0.1, 0.15) is 17.3 Å². The smallest absolute Gasteiger partial charge is 0.214 e. The molecule has 0 saturated carbocycles. The molecule has 5 heteroatoms. The van der Waals surface area contributed by atoms with Crippen LogP contribution in [0.5, 0.6) is 5.88 Å². The zero-order valence-electron chi connectivity index (χ0n) is 9.47. The second-order valence-corrected chi connectivity index (χ2v) is 4.45. The summed E-state index contributed by atoms with van der Waals surface area (Å²) < 4.78 is 5.55. The van der Waals surface area contributed by atoms with E-state index in [-0.39, 0.29) is 4.99 Å². The maximum absolute atomic E-state index is 6.03. The highest BCUT2D eigenvalue weighted by Gasteiger charge is 2.03. The number of benzene rings is 1. The lowest BCUT2D eigenvalue weighted by Gasteiger charge is -2.07. The van der Waals surface area contributed by atoms with Crippen LogP contribution in [-0.2, 0) is 6.61 Å². The van der Waals surface area contributed by atoms with Crippen molar-refractivity contribution < 1.29 is 4.74 Å². The van der Waals surface area contributed by atoms with Gasteiger partial charge in [0, 0.05) is 16.7 Å². The van der Waals surface area contributed by atoms with Crippen molar-refractivity contribution in [3.63, 3.8) is 0 Å². The Labute approximate surface area is 116 Å². The quantitative estimate of drug-likeness (QED) is 0.874. The van der Waals surface area contributed by atoms with Gasteiger partial charge in [-0.3, -0.25) is 0 Å². The van der Waals surface area contributed by atoms with Crippen LogP contribution in [0.4, 0.5) is 0 Å². The number of nitrogens with zero attached hydrogens (tertiary/aromatic N) is 1. The van der Waals surface area contributed by atoms with Crippen molar-refractivity contribution in [3.8, 4) is 5.88 Å². The number of aromatic nitrogens is 1. The monoisotopic (exact) mass is 278 g/mol. The van der Waals surface area contributed by atoms with Crippen LogP contribution in [0.1, 0.15) is 11.3 Å². The van der Waals surface area contributed by atoms with Crippen LogP contribution in [0.15, 0.2) is 42.5 Å². The minimum Gasteiger partial charge on any atom is -0.473 e. The summed E-state index contributed by atoms with van der Waals surface area (Å²) in [4.78, 5) is 4.43. The molecule has 0 atom stereocenters. The van der Waals surface area contributed by atoms with Gasteiger partial charge in [-0.1, -0.05) is 48.1 Å². The Morgan fingerprint density at radius 3 is 2.72 bits per heavy atom. The van der Waals surface area contributed by atoms with Crippen molar-refractivity contribution in [2.24, 2.45) is 5.73 Å². The first-order chi connectivity index (χ1) is 8.66. The molecule has 0 spiro atoms. The fourth-order valence-corrected chi connectivity index (χ4v) is 1.70. The molecule has 0 unspecified atom stereocenters. The van der Waals surface area contributed by atoms with Gasteiger partial charge in [0.05, 0.1) is 0 Å². The maximum Gasteiger partial charge on any atom is 0.214 e. The van der Waals surface area contributed by atoms with E-state index >= 15 is 0 Å². The van der Waals surface area contributed by atoms with Crippen LogP contribution in [0.25, 0.3) is 0 Å². The maximum atomic E-state index is 6.03. The van der Waals surface area contributed by atoms with Gasteiger partial charge in [-0.05, 0) is 12.1 Å². The van der Waals surface area contributed by atoms with Crippen molar-refractivity contribution in [1.82, 2.24) is 4.98 Å². The molecule has 0 radical (unpaired) electrons. The Morgan fingerprint density at radius 2 is 2.00 bits per heavy atom. The van der Waals surface area contributed by atoms with E-state index in [1.165, 1.54) is 0 Å². The van der Waals surface area contributed by atoms with Gasteiger partial charge in [-0.25, -0.2) is 4.98 Å². The minimum atomic E-state index is 0.248. The molecular formula is C13H11ClN2OS. The van der Waals surface area contributed by atoms with E-state index in [9.17, 15) is 0 Å². The number of nitrogens with two attached hydrogens (primary N) is 1. The van der Waals surface area contributed by atoms with Gasteiger partial charge >= 0.3 is 0 Å². The summed E-state index contributed by atoms with van der Waals surface area (Å²) in [5.41, 5.74) is 6.95.